The van der Waals surface area contributed by atoms with Gasteiger partial charge in [0.05, 0.1) is 6.54 Å². The summed E-state index contributed by atoms with van der Waals surface area (Å²) in [7, 11) is 0. The van der Waals surface area contributed by atoms with Crippen LogP contribution in [0.3, 0.4) is 0 Å². The Hall–Kier alpha value is -0.610. The Bertz CT molecular complexity index is 303. The number of carbonyl (C=O) groups is 1. The molecular formula is C15H29N3O. The molecular weight excluding hydrogens is 238 g/mol. The largest absolute Gasteiger partial charge is 0.339 e. The maximum atomic E-state index is 12.2. The zero-order chi connectivity index (χ0) is 14.0. The van der Waals surface area contributed by atoms with Crippen molar-refractivity contribution in [1.29, 1.82) is 0 Å². The van der Waals surface area contributed by atoms with Gasteiger partial charge in [-0.05, 0) is 25.7 Å². The Morgan fingerprint density at radius 1 is 1.05 bits per heavy atom. The quantitative estimate of drug-likeness (QED) is 0.764. The third-order valence-electron chi connectivity index (χ3n) is 4.68. The van der Waals surface area contributed by atoms with Crippen molar-refractivity contribution in [2.24, 2.45) is 11.8 Å². The number of carbonyl (C=O) groups excluding carboxylic acids is 1. The van der Waals surface area contributed by atoms with Crippen LogP contribution in [0.1, 0.15) is 27.7 Å². The average molecular weight is 267 g/mol. The van der Waals surface area contributed by atoms with Crippen molar-refractivity contribution in [3.8, 4) is 0 Å². The van der Waals surface area contributed by atoms with Crippen LogP contribution in [0.4, 0.5) is 0 Å². The van der Waals surface area contributed by atoms with Crippen LogP contribution in [0.5, 0.6) is 0 Å². The van der Waals surface area contributed by atoms with Crippen molar-refractivity contribution in [3.05, 3.63) is 0 Å². The van der Waals surface area contributed by atoms with Gasteiger partial charge < -0.3 is 4.90 Å². The molecule has 110 valence electrons. The molecule has 2 saturated heterocycles. The first-order valence-electron chi connectivity index (χ1n) is 7.71. The van der Waals surface area contributed by atoms with Gasteiger partial charge in [0.15, 0.2) is 0 Å². The summed E-state index contributed by atoms with van der Waals surface area (Å²) >= 11 is 0. The molecule has 2 heterocycles. The van der Waals surface area contributed by atoms with Crippen molar-refractivity contribution in [3.63, 3.8) is 0 Å². The van der Waals surface area contributed by atoms with Crippen molar-refractivity contribution in [2.75, 3.05) is 45.8 Å². The van der Waals surface area contributed by atoms with E-state index in [9.17, 15) is 4.79 Å². The smallest absolute Gasteiger partial charge is 0.236 e. The number of rotatable bonds is 4. The molecule has 0 atom stereocenters. The molecule has 0 spiro atoms. The molecule has 0 bridgehead atoms. The van der Waals surface area contributed by atoms with E-state index >= 15 is 0 Å². The molecule has 4 heteroatoms. The van der Waals surface area contributed by atoms with Gasteiger partial charge in [0.25, 0.3) is 0 Å². The van der Waals surface area contributed by atoms with Crippen LogP contribution >= 0.6 is 0 Å². The number of piperazine rings is 1. The molecule has 0 aromatic rings. The molecule has 0 aliphatic carbocycles. The summed E-state index contributed by atoms with van der Waals surface area (Å²) in [6.45, 7) is 15.7. The second-order valence-corrected chi connectivity index (χ2v) is 6.71. The first-order valence-corrected chi connectivity index (χ1v) is 7.71. The number of hydrogen-bond acceptors (Lipinski definition) is 3. The zero-order valence-electron chi connectivity index (χ0n) is 12.9. The maximum absolute atomic E-state index is 12.2. The molecule has 0 saturated carbocycles. The van der Waals surface area contributed by atoms with Crippen LogP contribution in [0.15, 0.2) is 0 Å². The SMILES string of the molecule is CC(C)C1CN(CC(=O)N2CCN(C(C)C)CC2)C1. The number of nitrogens with zero attached hydrogens (tertiary/aromatic N) is 3. The van der Waals surface area contributed by atoms with Crippen LogP contribution in [0.25, 0.3) is 0 Å². The molecule has 19 heavy (non-hydrogen) atoms. The van der Waals surface area contributed by atoms with E-state index in [4.69, 9.17) is 0 Å². The minimum absolute atomic E-state index is 0.325. The summed E-state index contributed by atoms with van der Waals surface area (Å²) in [6.07, 6.45) is 0. The van der Waals surface area contributed by atoms with Crippen molar-refractivity contribution >= 4 is 5.91 Å². The third kappa shape index (κ3) is 3.69. The van der Waals surface area contributed by atoms with E-state index in [-0.39, 0.29) is 0 Å². The number of amides is 1. The second-order valence-electron chi connectivity index (χ2n) is 6.71. The number of likely N-dealkylation sites (tertiary alicyclic amines) is 1. The summed E-state index contributed by atoms with van der Waals surface area (Å²) in [5, 5.41) is 0. The van der Waals surface area contributed by atoms with Crippen molar-refractivity contribution in [2.45, 2.75) is 33.7 Å². The van der Waals surface area contributed by atoms with E-state index in [0.717, 1.165) is 51.1 Å². The van der Waals surface area contributed by atoms with E-state index < -0.39 is 0 Å². The van der Waals surface area contributed by atoms with E-state index in [1.165, 1.54) is 0 Å². The van der Waals surface area contributed by atoms with Crippen molar-refractivity contribution < 1.29 is 4.79 Å². The van der Waals surface area contributed by atoms with Gasteiger partial charge in [-0.25, -0.2) is 0 Å². The average Bonchev–Trinajstić information content (AvgIpc) is 2.32. The normalized spacial score (nSPS) is 23.2. The number of hydrogen-bond donors (Lipinski definition) is 0. The highest BCUT2D eigenvalue weighted by Gasteiger charge is 2.31. The van der Waals surface area contributed by atoms with Gasteiger partial charge in [-0.2, -0.15) is 0 Å². The Kier molecular flexibility index (Phi) is 4.85. The summed E-state index contributed by atoms with van der Waals surface area (Å²) in [4.78, 5) is 19.0. The van der Waals surface area contributed by atoms with Crippen LogP contribution in [-0.4, -0.2) is 72.5 Å². The maximum Gasteiger partial charge on any atom is 0.236 e. The highest BCUT2D eigenvalue weighted by atomic mass is 16.2. The predicted octanol–water partition coefficient (Wildman–Crippen LogP) is 1.13. The molecule has 2 fully saturated rings. The molecule has 0 N–H and O–H groups in total. The van der Waals surface area contributed by atoms with E-state index in [2.05, 4.69) is 37.5 Å². The van der Waals surface area contributed by atoms with Gasteiger partial charge in [-0.1, -0.05) is 13.8 Å². The first kappa shape index (κ1) is 14.8. The van der Waals surface area contributed by atoms with Gasteiger partial charge in [0.2, 0.25) is 5.91 Å². The topological polar surface area (TPSA) is 26.8 Å². The van der Waals surface area contributed by atoms with E-state index in [1.54, 1.807) is 0 Å². The Morgan fingerprint density at radius 2 is 1.63 bits per heavy atom. The molecule has 1 amide bonds. The fourth-order valence-electron chi connectivity index (χ4n) is 2.94. The van der Waals surface area contributed by atoms with Crippen LogP contribution in [-0.2, 0) is 4.79 Å². The van der Waals surface area contributed by atoms with Crippen LogP contribution < -0.4 is 0 Å². The van der Waals surface area contributed by atoms with Gasteiger partial charge >= 0.3 is 0 Å². The monoisotopic (exact) mass is 267 g/mol. The fourth-order valence-corrected chi connectivity index (χ4v) is 2.94. The predicted molar refractivity (Wildman–Crippen MR) is 78.1 cm³/mol. The van der Waals surface area contributed by atoms with Gasteiger partial charge in [-0.15, -0.1) is 0 Å². The first-order chi connectivity index (χ1) is 8.97. The van der Waals surface area contributed by atoms with Gasteiger partial charge in [0, 0.05) is 45.3 Å². The molecule has 0 aromatic carbocycles. The molecule has 0 unspecified atom stereocenters. The lowest BCUT2D eigenvalue weighted by Gasteiger charge is -2.43. The molecule has 0 aromatic heterocycles. The minimum atomic E-state index is 0.325. The van der Waals surface area contributed by atoms with Crippen LogP contribution in [0, 0.1) is 11.8 Å². The standard InChI is InChI=1S/C15H29N3O/c1-12(2)14-9-16(10-14)11-15(19)18-7-5-17(6-8-18)13(3)4/h12-14H,5-11H2,1-4H3. The summed E-state index contributed by atoms with van der Waals surface area (Å²) in [5.41, 5.74) is 0. The Labute approximate surface area is 117 Å². The zero-order valence-corrected chi connectivity index (χ0v) is 12.9. The molecule has 2 aliphatic heterocycles. The lowest BCUT2D eigenvalue weighted by Crippen LogP contribution is -2.56. The van der Waals surface area contributed by atoms with E-state index in [0.29, 0.717) is 18.5 Å². The third-order valence-corrected chi connectivity index (χ3v) is 4.68. The summed E-state index contributed by atoms with van der Waals surface area (Å²) < 4.78 is 0. The summed E-state index contributed by atoms with van der Waals surface area (Å²) in [5.74, 6) is 1.87. The Balaban J connectivity index is 1.68. The Morgan fingerprint density at radius 3 is 2.11 bits per heavy atom. The molecule has 2 aliphatic rings. The minimum Gasteiger partial charge on any atom is -0.339 e. The lowest BCUT2D eigenvalue weighted by molar-refractivity contribution is -0.136. The van der Waals surface area contributed by atoms with Crippen LogP contribution in [0.2, 0.25) is 0 Å². The van der Waals surface area contributed by atoms with E-state index in [1.807, 2.05) is 4.90 Å². The van der Waals surface area contributed by atoms with Gasteiger partial charge in [-0.3, -0.25) is 14.6 Å². The molecule has 2 rings (SSSR count). The highest BCUT2D eigenvalue weighted by Crippen LogP contribution is 2.23. The molecule has 0 radical (unpaired) electrons. The highest BCUT2D eigenvalue weighted by molar-refractivity contribution is 5.78. The second kappa shape index (κ2) is 6.23. The molecule has 4 nitrogen and oxygen atoms in total. The summed E-state index contributed by atoms with van der Waals surface area (Å²) in [6, 6.07) is 0.597. The van der Waals surface area contributed by atoms with Gasteiger partial charge in [0.1, 0.15) is 0 Å². The fraction of sp³-hybridized carbons (Fsp3) is 0.933. The van der Waals surface area contributed by atoms with Crippen molar-refractivity contribution in [1.82, 2.24) is 14.7 Å². The lowest BCUT2D eigenvalue weighted by atomic mass is 9.88.